The van der Waals surface area contributed by atoms with Crippen LogP contribution in [-0.2, 0) is 0 Å². The third-order valence-electron chi connectivity index (χ3n) is 13.4. The molecular weight excluding hydrogens is 376 g/mol. The lowest BCUT2D eigenvalue weighted by atomic mass is 9.41. The molecule has 174 valence electrons. The van der Waals surface area contributed by atoms with Crippen molar-refractivity contribution in [1.82, 2.24) is 0 Å². The monoisotopic (exact) mass is 424 g/mol. The second-order valence-electron chi connectivity index (χ2n) is 14.4. The molecule has 1 heteroatoms. The van der Waals surface area contributed by atoms with E-state index in [0.29, 0.717) is 21.7 Å². The maximum atomic E-state index is 10.8. The maximum Gasteiger partial charge on any atom is 0.0594 e. The van der Waals surface area contributed by atoms with Gasteiger partial charge in [-0.15, -0.1) is 0 Å². The van der Waals surface area contributed by atoms with E-state index in [1.807, 2.05) is 0 Å². The van der Waals surface area contributed by atoms with Crippen molar-refractivity contribution in [3.8, 4) is 0 Å². The number of hydrogen-bond donors (Lipinski definition) is 1. The highest BCUT2D eigenvalue weighted by Crippen LogP contribution is 2.89. The molecule has 0 bridgehead atoms. The fourth-order valence-corrected chi connectivity index (χ4v) is 11.3. The molecule has 0 aromatic carbocycles. The van der Waals surface area contributed by atoms with Crippen LogP contribution in [0.15, 0.2) is 11.6 Å². The molecule has 0 radical (unpaired) electrons. The van der Waals surface area contributed by atoms with Crippen LogP contribution in [0, 0.1) is 50.7 Å². The largest absolute Gasteiger partial charge is 0.393 e. The average molecular weight is 425 g/mol. The van der Waals surface area contributed by atoms with E-state index in [-0.39, 0.29) is 11.5 Å². The molecule has 0 aromatic heterocycles. The molecule has 0 saturated heterocycles. The van der Waals surface area contributed by atoms with Gasteiger partial charge in [-0.1, -0.05) is 46.3 Å². The molecule has 0 aliphatic heterocycles. The zero-order valence-corrected chi connectivity index (χ0v) is 21.1. The first-order chi connectivity index (χ1) is 14.6. The van der Waals surface area contributed by atoms with Gasteiger partial charge in [-0.2, -0.15) is 0 Å². The van der Waals surface area contributed by atoms with Crippen LogP contribution in [0.25, 0.3) is 0 Å². The Kier molecular flexibility index (Phi) is 4.40. The summed E-state index contributed by atoms with van der Waals surface area (Å²) >= 11 is 0. The first kappa shape index (κ1) is 21.2. The van der Waals surface area contributed by atoms with Crippen LogP contribution in [0.3, 0.4) is 0 Å². The Morgan fingerprint density at radius 1 is 0.871 bits per heavy atom. The lowest BCUT2D eigenvalue weighted by molar-refractivity contribution is -0.161. The Hall–Kier alpha value is -0.300. The summed E-state index contributed by atoms with van der Waals surface area (Å²) in [6, 6.07) is 0. The Bertz CT molecular complexity index is 788. The fraction of sp³-hybridized carbons (Fsp3) is 0.933. The van der Waals surface area contributed by atoms with E-state index in [4.69, 9.17) is 0 Å². The number of rotatable bonds is 4. The smallest absolute Gasteiger partial charge is 0.0594 e. The van der Waals surface area contributed by atoms with Crippen LogP contribution < -0.4 is 0 Å². The van der Waals surface area contributed by atoms with Gasteiger partial charge in [0.2, 0.25) is 0 Å². The minimum atomic E-state index is -0.0796. The van der Waals surface area contributed by atoms with Crippen molar-refractivity contribution in [2.45, 2.75) is 124 Å². The second-order valence-corrected chi connectivity index (χ2v) is 14.4. The van der Waals surface area contributed by atoms with Gasteiger partial charge in [0.25, 0.3) is 0 Å². The number of aliphatic hydroxyl groups excluding tert-OH is 1. The van der Waals surface area contributed by atoms with Gasteiger partial charge < -0.3 is 5.11 Å². The van der Waals surface area contributed by atoms with Gasteiger partial charge in [0.15, 0.2) is 0 Å². The molecule has 9 atom stereocenters. The quantitative estimate of drug-likeness (QED) is 0.454. The molecule has 2 spiro atoms. The van der Waals surface area contributed by atoms with E-state index in [2.05, 4.69) is 40.7 Å². The van der Waals surface area contributed by atoms with Gasteiger partial charge in [0.1, 0.15) is 0 Å². The van der Waals surface area contributed by atoms with Gasteiger partial charge in [-0.25, -0.2) is 0 Å². The third-order valence-corrected chi connectivity index (χ3v) is 13.4. The molecule has 6 rings (SSSR count). The normalized spacial score (nSPS) is 54.8. The van der Waals surface area contributed by atoms with E-state index in [1.54, 1.807) is 5.57 Å². The van der Waals surface area contributed by atoms with Gasteiger partial charge in [0, 0.05) is 0 Å². The van der Waals surface area contributed by atoms with Gasteiger partial charge >= 0.3 is 0 Å². The van der Waals surface area contributed by atoms with E-state index in [1.165, 1.54) is 77.0 Å². The number of allylic oxidation sites excluding steroid dienone is 2. The molecular formula is C30H48O. The van der Waals surface area contributed by atoms with E-state index < -0.39 is 0 Å². The Balaban J connectivity index is 1.26. The molecule has 1 nitrogen and oxygen atoms in total. The van der Waals surface area contributed by atoms with Crippen molar-refractivity contribution >= 4 is 0 Å². The number of aliphatic hydroxyl groups is 1. The second kappa shape index (κ2) is 6.43. The zero-order valence-electron chi connectivity index (χ0n) is 21.1. The van der Waals surface area contributed by atoms with Crippen molar-refractivity contribution < 1.29 is 5.11 Å². The Morgan fingerprint density at radius 3 is 2.32 bits per heavy atom. The molecule has 31 heavy (non-hydrogen) atoms. The van der Waals surface area contributed by atoms with E-state index in [0.717, 1.165) is 30.1 Å². The van der Waals surface area contributed by atoms with Crippen LogP contribution in [0.1, 0.15) is 118 Å². The van der Waals surface area contributed by atoms with Crippen LogP contribution in [0.2, 0.25) is 0 Å². The minimum Gasteiger partial charge on any atom is -0.393 e. The summed E-state index contributed by atoms with van der Waals surface area (Å²) in [6.45, 7) is 12.9. The molecule has 6 saturated carbocycles. The maximum absolute atomic E-state index is 10.8. The highest BCUT2D eigenvalue weighted by molar-refractivity contribution is 5.30. The Morgan fingerprint density at radius 2 is 1.58 bits per heavy atom. The van der Waals surface area contributed by atoms with Crippen molar-refractivity contribution in [3.63, 3.8) is 0 Å². The number of fused-ring (bicyclic) bond motifs is 2. The third kappa shape index (κ3) is 2.54. The summed E-state index contributed by atoms with van der Waals surface area (Å²) in [4.78, 5) is 0. The first-order valence-corrected chi connectivity index (χ1v) is 14.0. The predicted octanol–water partition coefficient (Wildman–Crippen LogP) is 7.92. The summed E-state index contributed by atoms with van der Waals surface area (Å²) in [6.07, 6.45) is 20.7. The summed E-state index contributed by atoms with van der Waals surface area (Å²) < 4.78 is 0. The van der Waals surface area contributed by atoms with Gasteiger partial charge in [-0.3, -0.25) is 0 Å². The molecule has 6 aliphatic rings. The molecule has 1 N–H and O–H groups in total. The lowest BCUT2D eigenvalue weighted by Crippen LogP contribution is -2.57. The molecule has 0 aromatic rings. The zero-order chi connectivity index (χ0) is 21.9. The summed E-state index contributed by atoms with van der Waals surface area (Å²) in [5, 5.41) is 10.8. The summed E-state index contributed by atoms with van der Waals surface area (Å²) in [7, 11) is 0. The van der Waals surface area contributed by atoms with Crippen molar-refractivity contribution in [2.75, 3.05) is 0 Å². The summed E-state index contributed by atoms with van der Waals surface area (Å²) in [5.74, 6) is 3.53. The SMILES string of the molecule is CC(CCC=C1CC1)C1CC[C@@]2(C)C3CCC4C(C)(C)C(O)CCC45CC35CCC12C. The average Bonchev–Trinajstić information content (AvgIpc) is 3.61. The first-order valence-electron chi connectivity index (χ1n) is 14.0. The molecule has 0 amide bonds. The van der Waals surface area contributed by atoms with Crippen molar-refractivity contribution in [1.29, 1.82) is 0 Å². The molecule has 6 fully saturated rings. The van der Waals surface area contributed by atoms with Crippen molar-refractivity contribution in [3.05, 3.63) is 11.6 Å². The van der Waals surface area contributed by atoms with Crippen LogP contribution in [0.5, 0.6) is 0 Å². The predicted molar refractivity (Wildman–Crippen MR) is 129 cm³/mol. The van der Waals surface area contributed by atoms with Gasteiger partial charge in [0.05, 0.1) is 6.10 Å². The highest BCUT2D eigenvalue weighted by Gasteiger charge is 2.82. The standard InChI is InChI=1S/C30H48O/c1-20(7-6-8-21-9-10-21)22-13-15-28(5)24-12-11-23-26(2,3)25(31)14-16-29(23)19-30(24,29)18-17-27(22,28)4/h8,20,22-25,31H,6-7,9-19H2,1-5H3/t20?,22?,23?,24?,25?,27?,28-,29?,30?/m0/s1. The van der Waals surface area contributed by atoms with Crippen LogP contribution in [0.4, 0.5) is 0 Å². The van der Waals surface area contributed by atoms with E-state index >= 15 is 0 Å². The fourth-order valence-electron chi connectivity index (χ4n) is 11.3. The number of hydrogen-bond acceptors (Lipinski definition) is 1. The lowest BCUT2D eigenvalue weighted by Gasteiger charge is -2.63. The molecule has 0 heterocycles. The van der Waals surface area contributed by atoms with Crippen molar-refractivity contribution in [2.24, 2.45) is 50.7 Å². The minimum absolute atomic E-state index is 0.0796. The Labute approximate surface area is 191 Å². The van der Waals surface area contributed by atoms with Gasteiger partial charge in [-0.05, 0) is 134 Å². The van der Waals surface area contributed by atoms with E-state index in [9.17, 15) is 5.11 Å². The summed E-state index contributed by atoms with van der Waals surface area (Å²) in [5.41, 5.74) is 4.17. The van der Waals surface area contributed by atoms with Crippen LogP contribution in [-0.4, -0.2) is 11.2 Å². The molecule has 6 aliphatic carbocycles. The highest BCUT2D eigenvalue weighted by atomic mass is 16.3. The topological polar surface area (TPSA) is 20.2 Å². The van der Waals surface area contributed by atoms with Crippen LogP contribution >= 0.6 is 0 Å². The molecule has 8 unspecified atom stereocenters.